The minimum absolute atomic E-state index is 0.0663. The second-order valence-corrected chi connectivity index (χ2v) is 11.3. The summed E-state index contributed by atoms with van der Waals surface area (Å²) in [4.78, 5) is 27.9. The molecule has 0 bridgehead atoms. The van der Waals surface area contributed by atoms with Crippen LogP contribution in [0.5, 0.6) is 0 Å². The molecule has 9 heteroatoms. The number of carbonyl (C=O) groups is 2. The molecule has 7 nitrogen and oxygen atoms in total. The first-order chi connectivity index (χ1) is 17.5. The summed E-state index contributed by atoms with van der Waals surface area (Å²) in [5.41, 5.74) is 3.15. The number of rotatable bonds is 14. The first kappa shape index (κ1) is 30.3. The maximum atomic E-state index is 13.4. The molecule has 0 saturated heterocycles. The summed E-state index contributed by atoms with van der Waals surface area (Å²) < 4.78 is 40.0. The van der Waals surface area contributed by atoms with E-state index in [1.807, 2.05) is 39.8 Å². The number of amides is 2. The van der Waals surface area contributed by atoms with Crippen molar-refractivity contribution in [2.75, 3.05) is 23.7 Å². The zero-order chi connectivity index (χ0) is 27.6. The van der Waals surface area contributed by atoms with E-state index in [0.717, 1.165) is 30.2 Å². The van der Waals surface area contributed by atoms with Gasteiger partial charge in [-0.15, -0.1) is 0 Å². The second-order valence-electron chi connectivity index (χ2n) is 9.37. The van der Waals surface area contributed by atoms with E-state index in [-0.39, 0.29) is 43.6 Å². The topological polar surface area (TPSA) is 86.8 Å². The molecule has 0 aliphatic carbocycles. The van der Waals surface area contributed by atoms with Crippen LogP contribution in [0.3, 0.4) is 0 Å². The summed E-state index contributed by atoms with van der Waals surface area (Å²) in [6, 6.07) is 10.7. The predicted molar refractivity (Wildman–Crippen MR) is 146 cm³/mol. The quantitative estimate of drug-likeness (QED) is 0.356. The molecule has 1 unspecified atom stereocenters. The van der Waals surface area contributed by atoms with Gasteiger partial charge in [0.1, 0.15) is 11.9 Å². The van der Waals surface area contributed by atoms with E-state index in [1.54, 1.807) is 18.2 Å². The van der Waals surface area contributed by atoms with Crippen LogP contribution in [0.4, 0.5) is 10.1 Å². The molecule has 0 aliphatic heterocycles. The van der Waals surface area contributed by atoms with Crippen molar-refractivity contribution in [3.05, 3.63) is 65.0 Å². The van der Waals surface area contributed by atoms with Crippen molar-refractivity contribution in [1.82, 2.24) is 10.2 Å². The maximum absolute atomic E-state index is 13.4. The number of unbranched alkanes of at least 4 members (excludes halogenated alkanes) is 1. The van der Waals surface area contributed by atoms with E-state index in [4.69, 9.17) is 0 Å². The van der Waals surface area contributed by atoms with Crippen LogP contribution in [0.25, 0.3) is 0 Å². The summed E-state index contributed by atoms with van der Waals surface area (Å²) in [7, 11) is -3.57. The summed E-state index contributed by atoms with van der Waals surface area (Å²) in [6.45, 7) is 8.51. The van der Waals surface area contributed by atoms with E-state index in [1.165, 1.54) is 21.3 Å². The molecule has 2 amide bonds. The third-order valence-electron chi connectivity index (χ3n) is 6.48. The Morgan fingerprint density at radius 3 is 2.30 bits per heavy atom. The molecular weight excluding hydrogens is 493 g/mol. The molecule has 0 aromatic heterocycles. The van der Waals surface area contributed by atoms with Crippen molar-refractivity contribution in [3.63, 3.8) is 0 Å². The molecule has 0 radical (unpaired) electrons. The Kier molecular flexibility index (Phi) is 11.6. The van der Waals surface area contributed by atoms with Gasteiger partial charge in [-0.25, -0.2) is 12.8 Å². The van der Waals surface area contributed by atoms with Crippen LogP contribution in [0.2, 0.25) is 0 Å². The largest absolute Gasteiger partial charge is 0.354 e. The minimum atomic E-state index is -3.57. The molecule has 2 aromatic rings. The van der Waals surface area contributed by atoms with Crippen molar-refractivity contribution in [2.45, 2.75) is 72.4 Å². The van der Waals surface area contributed by atoms with Gasteiger partial charge in [0.2, 0.25) is 21.8 Å². The lowest BCUT2D eigenvalue weighted by Crippen LogP contribution is -2.49. The number of halogens is 1. The summed E-state index contributed by atoms with van der Waals surface area (Å²) in [6.07, 6.45) is 3.71. The van der Waals surface area contributed by atoms with Gasteiger partial charge in [0.15, 0.2) is 0 Å². The van der Waals surface area contributed by atoms with Crippen LogP contribution in [0.15, 0.2) is 42.5 Å². The highest BCUT2D eigenvalue weighted by molar-refractivity contribution is 7.92. The fourth-order valence-electron chi connectivity index (χ4n) is 4.20. The van der Waals surface area contributed by atoms with Crippen LogP contribution in [-0.2, 0) is 26.2 Å². The number of sulfonamides is 1. The molecule has 2 aromatic carbocycles. The number of nitrogens with zero attached hydrogens (tertiary/aromatic N) is 2. The minimum Gasteiger partial charge on any atom is -0.354 e. The van der Waals surface area contributed by atoms with Crippen molar-refractivity contribution < 1.29 is 22.4 Å². The normalized spacial score (nSPS) is 12.2. The monoisotopic (exact) mass is 533 g/mol. The summed E-state index contributed by atoms with van der Waals surface area (Å²) in [5, 5.41) is 2.91. The van der Waals surface area contributed by atoms with Crippen LogP contribution in [0, 0.1) is 19.7 Å². The Hall–Kier alpha value is -2.94. The van der Waals surface area contributed by atoms with Crippen LogP contribution in [-0.4, -0.2) is 50.5 Å². The van der Waals surface area contributed by atoms with Crippen molar-refractivity contribution in [1.29, 1.82) is 0 Å². The highest BCUT2D eigenvalue weighted by Gasteiger charge is 2.29. The van der Waals surface area contributed by atoms with Gasteiger partial charge < -0.3 is 10.2 Å². The van der Waals surface area contributed by atoms with Gasteiger partial charge in [-0.1, -0.05) is 44.5 Å². The fraction of sp³-hybridized carbons (Fsp3) is 0.500. The Bertz CT molecular complexity index is 1150. The van der Waals surface area contributed by atoms with E-state index in [9.17, 15) is 22.4 Å². The lowest BCUT2D eigenvalue weighted by Gasteiger charge is -2.31. The van der Waals surface area contributed by atoms with Crippen LogP contribution in [0.1, 0.15) is 62.6 Å². The lowest BCUT2D eigenvalue weighted by atomic mass is 10.1. The van der Waals surface area contributed by atoms with Crippen LogP contribution < -0.4 is 9.62 Å². The molecule has 2 rings (SSSR count). The van der Waals surface area contributed by atoms with Gasteiger partial charge in [0.25, 0.3) is 0 Å². The van der Waals surface area contributed by atoms with Crippen molar-refractivity contribution >= 4 is 27.5 Å². The first-order valence-corrected chi connectivity index (χ1v) is 14.7. The molecular formula is C28H40FN3O4S. The molecule has 0 saturated carbocycles. The molecule has 0 aliphatic rings. The first-order valence-electron chi connectivity index (χ1n) is 12.8. The highest BCUT2D eigenvalue weighted by atomic mass is 32.2. The zero-order valence-electron chi connectivity index (χ0n) is 22.6. The van der Waals surface area contributed by atoms with E-state index >= 15 is 0 Å². The lowest BCUT2D eigenvalue weighted by molar-refractivity contribution is -0.141. The second kappa shape index (κ2) is 14.1. The standard InChI is InChI=1S/C28H40FN3O4S/c1-6-8-18-30-28(34)25(7-2)31(20-23-14-16-24(29)17-15-23)27(33)13-10-19-32(37(5,35)36)26-12-9-11-21(3)22(26)4/h9,11-12,14-17,25H,6-8,10,13,18-20H2,1-5H3,(H,30,34). The van der Waals surface area contributed by atoms with Gasteiger partial charge in [-0.2, -0.15) is 0 Å². The Labute approximate surface area is 221 Å². The number of aryl methyl sites for hydroxylation is 1. The molecule has 204 valence electrons. The Balaban J connectivity index is 2.22. The Morgan fingerprint density at radius 2 is 1.70 bits per heavy atom. The van der Waals surface area contributed by atoms with E-state index in [0.29, 0.717) is 24.2 Å². The van der Waals surface area contributed by atoms with Crippen molar-refractivity contribution in [3.8, 4) is 0 Å². The van der Waals surface area contributed by atoms with Gasteiger partial charge in [-0.3, -0.25) is 13.9 Å². The average molecular weight is 534 g/mol. The number of hydrogen-bond acceptors (Lipinski definition) is 4. The van der Waals surface area contributed by atoms with Crippen LogP contribution >= 0.6 is 0 Å². The van der Waals surface area contributed by atoms with Gasteiger partial charge in [-0.05, 0) is 68.0 Å². The fourth-order valence-corrected chi connectivity index (χ4v) is 5.22. The number of carbonyl (C=O) groups excluding carboxylic acids is 2. The summed E-state index contributed by atoms with van der Waals surface area (Å²) >= 11 is 0. The van der Waals surface area contributed by atoms with Crippen molar-refractivity contribution in [2.24, 2.45) is 0 Å². The van der Waals surface area contributed by atoms with E-state index < -0.39 is 16.1 Å². The maximum Gasteiger partial charge on any atom is 0.242 e. The molecule has 1 N–H and O–H groups in total. The van der Waals surface area contributed by atoms with Gasteiger partial charge in [0, 0.05) is 26.1 Å². The molecule has 1 atom stereocenters. The third-order valence-corrected chi connectivity index (χ3v) is 7.66. The van der Waals surface area contributed by atoms with Gasteiger partial charge in [0.05, 0.1) is 11.9 Å². The number of hydrogen-bond donors (Lipinski definition) is 1. The average Bonchev–Trinajstić information content (AvgIpc) is 2.84. The van der Waals surface area contributed by atoms with E-state index in [2.05, 4.69) is 5.32 Å². The number of anilines is 1. The zero-order valence-corrected chi connectivity index (χ0v) is 23.4. The predicted octanol–water partition coefficient (Wildman–Crippen LogP) is 4.71. The Morgan fingerprint density at radius 1 is 1.03 bits per heavy atom. The third kappa shape index (κ3) is 8.84. The SMILES string of the molecule is CCCCNC(=O)C(CC)N(Cc1ccc(F)cc1)C(=O)CCCN(c1cccc(C)c1C)S(C)(=O)=O. The smallest absolute Gasteiger partial charge is 0.242 e. The van der Waals surface area contributed by atoms with Gasteiger partial charge >= 0.3 is 0 Å². The molecule has 0 fully saturated rings. The molecule has 0 heterocycles. The number of nitrogens with one attached hydrogen (secondary N) is 1. The molecule has 0 spiro atoms. The highest BCUT2D eigenvalue weighted by Crippen LogP contribution is 2.25. The molecule has 37 heavy (non-hydrogen) atoms. The summed E-state index contributed by atoms with van der Waals surface area (Å²) in [5.74, 6) is -0.853. The number of benzene rings is 2.